The van der Waals surface area contributed by atoms with E-state index in [9.17, 15) is 14.9 Å². The lowest BCUT2D eigenvalue weighted by atomic mass is 10.2. The molecule has 0 radical (unpaired) electrons. The number of thiophene rings is 1. The molecule has 4 rings (SSSR count). The van der Waals surface area contributed by atoms with Gasteiger partial charge in [0.1, 0.15) is 11.4 Å². The van der Waals surface area contributed by atoms with Crippen molar-refractivity contribution >= 4 is 28.6 Å². The maximum absolute atomic E-state index is 13.1. The van der Waals surface area contributed by atoms with E-state index in [2.05, 4.69) is 10.4 Å². The number of carbonyl (C=O) groups is 1. The van der Waals surface area contributed by atoms with Gasteiger partial charge >= 0.3 is 0 Å². The zero-order chi connectivity index (χ0) is 21.1. The van der Waals surface area contributed by atoms with Crippen LogP contribution >= 0.6 is 11.3 Å². The molecule has 1 N–H and O–H groups in total. The summed E-state index contributed by atoms with van der Waals surface area (Å²) in [5, 5.41) is 20.3. The first kappa shape index (κ1) is 19.3. The van der Waals surface area contributed by atoms with Crippen LogP contribution in [0.15, 0.2) is 72.2 Å². The van der Waals surface area contributed by atoms with Gasteiger partial charge in [-0.1, -0.05) is 24.3 Å². The molecule has 0 saturated carbocycles. The van der Waals surface area contributed by atoms with Gasteiger partial charge in [0.2, 0.25) is 0 Å². The van der Waals surface area contributed by atoms with Gasteiger partial charge in [0.15, 0.2) is 0 Å². The average Bonchev–Trinajstić information content (AvgIpc) is 3.44. The molecule has 0 atom stereocenters. The van der Waals surface area contributed by atoms with Crippen molar-refractivity contribution in [3.63, 3.8) is 0 Å². The van der Waals surface area contributed by atoms with Gasteiger partial charge in [-0.05, 0) is 29.6 Å². The van der Waals surface area contributed by atoms with E-state index >= 15 is 0 Å². The van der Waals surface area contributed by atoms with Crippen LogP contribution in [0.25, 0.3) is 16.3 Å². The first-order chi connectivity index (χ1) is 14.6. The summed E-state index contributed by atoms with van der Waals surface area (Å²) >= 11 is 1.47. The van der Waals surface area contributed by atoms with Crippen molar-refractivity contribution in [3.05, 3.63) is 87.9 Å². The molecule has 0 saturated heterocycles. The number of para-hydroxylation sites is 1. The molecule has 2 aromatic carbocycles. The van der Waals surface area contributed by atoms with E-state index < -0.39 is 10.8 Å². The molecule has 9 heteroatoms. The Morgan fingerprint density at radius 1 is 1.17 bits per heavy atom. The molecule has 2 heterocycles. The Hall–Kier alpha value is -3.98. The van der Waals surface area contributed by atoms with Crippen molar-refractivity contribution in [3.8, 4) is 22.0 Å². The quantitative estimate of drug-likeness (QED) is 0.358. The Kier molecular flexibility index (Phi) is 5.27. The van der Waals surface area contributed by atoms with Crippen LogP contribution in [0.1, 0.15) is 10.4 Å². The number of hydrogen-bond acceptors (Lipinski definition) is 6. The molecule has 1 amide bonds. The van der Waals surface area contributed by atoms with E-state index in [1.54, 1.807) is 10.9 Å². The number of nitro benzene ring substituents is 1. The molecular formula is C21H16N4O4S. The minimum atomic E-state index is -0.528. The lowest BCUT2D eigenvalue weighted by Crippen LogP contribution is -2.13. The predicted molar refractivity (Wildman–Crippen MR) is 114 cm³/mol. The molecule has 4 aromatic rings. The molecule has 0 aliphatic heterocycles. The summed E-state index contributed by atoms with van der Waals surface area (Å²) in [4.78, 5) is 24.6. The van der Waals surface area contributed by atoms with E-state index in [0.717, 1.165) is 10.6 Å². The van der Waals surface area contributed by atoms with Gasteiger partial charge < -0.3 is 10.1 Å². The Balaban J connectivity index is 1.75. The highest BCUT2D eigenvalue weighted by molar-refractivity contribution is 7.13. The van der Waals surface area contributed by atoms with Crippen LogP contribution in [-0.4, -0.2) is 27.7 Å². The van der Waals surface area contributed by atoms with Crippen molar-refractivity contribution < 1.29 is 14.5 Å². The van der Waals surface area contributed by atoms with E-state index in [4.69, 9.17) is 4.74 Å². The maximum atomic E-state index is 13.1. The highest BCUT2D eigenvalue weighted by atomic mass is 32.1. The molecule has 30 heavy (non-hydrogen) atoms. The molecule has 0 bridgehead atoms. The van der Waals surface area contributed by atoms with Crippen LogP contribution in [0.3, 0.4) is 0 Å². The number of anilines is 1. The largest absolute Gasteiger partial charge is 0.495 e. The third-order valence-electron chi connectivity index (χ3n) is 4.38. The summed E-state index contributed by atoms with van der Waals surface area (Å²) in [7, 11) is 1.43. The Labute approximate surface area is 175 Å². The Morgan fingerprint density at radius 2 is 1.97 bits per heavy atom. The number of benzene rings is 2. The van der Waals surface area contributed by atoms with Gasteiger partial charge in [-0.2, -0.15) is 5.10 Å². The zero-order valence-electron chi connectivity index (χ0n) is 15.8. The number of aromatic nitrogens is 2. The summed E-state index contributed by atoms with van der Waals surface area (Å²) < 4.78 is 6.87. The fourth-order valence-electron chi connectivity index (χ4n) is 2.95. The molecule has 0 aliphatic carbocycles. The van der Waals surface area contributed by atoms with Crippen LogP contribution in [0.4, 0.5) is 11.4 Å². The highest BCUT2D eigenvalue weighted by Gasteiger charge is 2.21. The maximum Gasteiger partial charge on any atom is 0.271 e. The van der Waals surface area contributed by atoms with Gasteiger partial charge in [-0.15, -0.1) is 11.3 Å². The molecule has 8 nitrogen and oxygen atoms in total. The molecule has 0 fully saturated rings. The van der Waals surface area contributed by atoms with Crippen LogP contribution in [-0.2, 0) is 0 Å². The fourth-order valence-corrected chi connectivity index (χ4v) is 3.67. The topological polar surface area (TPSA) is 99.3 Å². The summed E-state index contributed by atoms with van der Waals surface area (Å²) in [6.07, 6.45) is 1.64. The minimum Gasteiger partial charge on any atom is -0.495 e. The Bertz CT molecular complexity index is 1200. The third-order valence-corrected chi connectivity index (χ3v) is 5.25. The number of non-ortho nitro benzene ring substituents is 1. The van der Waals surface area contributed by atoms with Crippen molar-refractivity contribution in [2.24, 2.45) is 0 Å². The van der Waals surface area contributed by atoms with Crippen molar-refractivity contribution in [2.45, 2.75) is 0 Å². The zero-order valence-corrected chi connectivity index (χ0v) is 16.6. The van der Waals surface area contributed by atoms with E-state index in [0.29, 0.717) is 17.0 Å². The van der Waals surface area contributed by atoms with E-state index in [1.807, 2.05) is 47.8 Å². The molecule has 0 spiro atoms. The summed E-state index contributed by atoms with van der Waals surface area (Å²) in [6, 6.07) is 17.2. The number of amides is 1. The first-order valence-electron chi connectivity index (χ1n) is 8.89. The van der Waals surface area contributed by atoms with Crippen LogP contribution in [0, 0.1) is 10.1 Å². The van der Waals surface area contributed by atoms with Crippen LogP contribution in [0.5, 0.6) is 5.75 Å². The summed E-state index contributed by atoms with van der Waals surface area (Å²) in [6.45, 7) is 0. The third kappa shape index (κ3) is 3.78. The number of hydrogen-bond donors (Lipinski definition) is 1. The highest BCUT2D eigenvalue weighted by Crippen LogP contribution is 2.32. The summed E-state index contributed by atoms with van der Waals surface area (Å²) in [5.74, 6) is -0.124. The first-order valence-corrected chi connectivity index (χ1v) is 9.77. The van der Waals surface area contributed by atoms with E-state index in [1.165, 1.54) is 36.6 Å². The van der Waals surface area contributed by atoms with Crippen molar-refractivity contribution in [1.29, 1.82) is 0 Å². The number of nitrogens with one attached hydrogen (secondary N) is 1. The molecule has 2 aromatic heterocycles. The van der Waals surface area contributed by atoms with Gasteiger partial charge in [0.05, 0.1) is 33.8 Å². The number of rotatable bonds is 6. The fraction of sp³-hybridized carbons (Fsp3) is 0.0476. The van der Waals surface area contributed by atoms with Crippen molar-refractivity contribution in [1.82, 2.24) is 9.78 Å². The monoisotopic (exact) mass is 420 g/mol. The van der Waals surface area contributed by atoms with E-state index in [-0.39, 0.29) is 11.4 Å². The minimum absolute atomic E-state index is 0.149. The summed E-state index contributed by atoms with van der Waals surface area (Å²) in [5.41, 5.74) is 1.73. The number of nitro groups is 1. The lowest BCUT2D eigenvalue weighted by Gasteiger charge is -2.09. The van der Waals surface area contributed by atoms with Gasteiger partial charge in [-0.3, -0.25) is 14.9 Å². The van der Waals surface area contributed by atoms with Crippen LogP contribution < -0.4 is 10.1 Å². The smallest absolute Gasteiger partial charge is 0.271 e. The molecule has 0 aliphatic rings. The van der Waals surface area contributed by atoms with Gasteiger partial charge in [0.25, 0.3) is 11.6 Å². The SMILES string of the molecule is COc1ccc([N+](=O)[O-])cc1NC(=O)c1cn(-c2ccccc2)nc1-c1cccs1. The molecule has 150 valence electrons. The lowest BCUT2D eigenvalue weighted by molar-refractivity contribution is -0.384. The second kappa shape index (κ2) is 8.18. The number of methoxy groups -OCH3 is 1. The van der Waals surface area contributed by atoms with Crippen LogP contribution in [0.2, 0.25) is 0 Å². The standard InChI is InChI=1S/C21H16N4O4S/c1-29-18-10-9-15(25(27)28)12-17(18)22-21(26)16-13-24(14-6-3-2-4-7-14)23-20(16)19-8-5-11-30-19/h2-13H,1H3,(H,22,26). The number of carbonyl (C=O) groups excluding carboxylic acids is 1. The Morgan fingerprint density at radius 3 is 2.63 bits per heavy atom. The van der Waals surface area contributed by atoms with Gasteiger partial charge in [-0.25, -0.2) is 4.68 Å². The second-order valence-corrected chi connectivity index (χ2v) is 7.19. The molecular weight excluding hydrogens is 404 g/mol. The number of ether oxygens (including phenoxy) is 1. The van der Waals surface area contributed by atoms with Crippen molar-refractivity contribution in [2.75, 3.05) is 12.4 Å². The normalized spacial score (nSPS) is 10.6. The van der Waals surface area contributed by atoms with Gasteiger partial charge in [0, 0.05) is 18.3 Å². The predicted octanol–water partition coefficient (Wildman–Crippen LogP) is 4.77. The molecule has 0 unspecified atom stereocenters. The second-order valence-electron chi connectivity index (χ2n) is 6.24. The number of nitrogens with zero attached hydrogens (tertiary/aromatic N) is 3. The average molecular weight is 420 g/mol.